The molecule has 1 nitrogen and oxygen atoms in total. The quantitative estimate of drug-likeness (QED) is 0.298. The van der Waals surface area contributed by atoms with Crippen LogP contribution >= 0.6 is 15.9 Å². The van der Waals surface area contributed by atoms with Crippen molar-refractivity contribution in [1.82, 2.24) is 0 Å². The van der Waals surface area contributed by atoms with E-state index >= 15 is 0 Å². The van der Waals surface area contributed by atoms with Crippen LogP contribution in [0.5, 0.6) is 0 Å². The molecule has 0 radical (unpaired) electrons. The van der Waals surface area contributed by atoms with Gasteiger partial charge < -0.3 is 5.11 Å². The van der Waals surface area contributed by atoms with E-state index in [4.69, 9.17) is 0 Å². The van der Waals surface area contributed by atoms with Gasteiger partial charge >= 0.3 is 0 Å². The molecule has 0 aliphatic heterocycles. The Labute approximate surface area is 180 Å². The Morgan fingerprint density at radius 2 is 1.79 bits per heavy atom. The first-order valence-corrected chi connectivity index (χ1v) is 13.0. The van der Waals surface area contributed by atoms with Crippen LogP contribution in [-0.4, -0.2) is 16.0 Å². The van der Waals surface area contributed by atoms with Crippen LogP contribution in [-0.2, 0) is 0 Å². The van der Waals surface area contributed by atoms with Gasteiger partial charge in [0.05, 0.1) is 0 Å². The second-order valence-electron chi connectivity index (χ2n) is 11.2. The van der Waals surface area contributed by atoms with Crippen LogP contribution < -0.4 is 0 Å². The first-order chi connectivity index (χ1) is 13.4. The van der Waals surface area contributed by atoms with E-state index < -0.39 is 5.60 Å². The Bertz CT molecular complexity index is 699. The van der Waals surface area contributed by atoms with Gasteiger partial charge in [-0.1, -0.05) is 46.8 Å². The highest BCUT2D eigenvalue weighted by molar-refractivity contribution is 9.09. The van der Waals surface area contributed by atoms with E-state index in [1.54, 1.807) is 0 Å². The molecule has 0 aromatic rings. The number of allylic oxidation sites excluding steroid dienone is 1. The smallest absolute Gasteiger partial charge is 0.125 e. The third-order valence-electron chi connectivity index (χ3n) is 9.76. The second-order valence-corrected chi connectivity index (χ2v) is 11.8. The maximum atomic E-state index is 11.1. The Morgan fingerprint density at radius 1 is 1.00 bits per heavy atom. The molecule has 5 fully saturated rings. The molecular formula is C26H37BrO. The molecule has 1 N–H and O–H groups in total. The van der Waals surface area contributed by atoms with Crippen LogP contribution in [0.4, 0.5) is 0 Å². The summed E-state index contributed by atoms with van der Waals surface area (Å²) in [7, 11) is 0. The minimum Gasteiger partial charge on any atom is -0.378 e. The fourth-order valence-electron chi connectivity index (χ4n) is 8.22. The summed E-state index contributed by atoms with van der Waals surface area (Å²) in [6.45, 7) is 7.02. The van der Waals surface area contributed by atoms with Gasteiger partial charge in [-0.05, 0) is 112 Å². The van der Waals surface area contributed by atoms with Gasteiger partial charge in [0.15, 0.2) is 0 Å². The van der Waals surface area contributed by atoms with Gasteiger partial charge in [-0.15, -0.1) is 0 Å². The average molecular weight is 445 g/mol. The highest BCUT2D eigenvalue weighted by Gasteiger charge is 2.57. The van der Waals surface area contributed by atoms with Gasteiger partial charge in [-0.2, -0.15) is 0 Å². The molecule has 2 heteroatoms. The molecule has 0 aromatic heterocycles. The molecule has 8 atom stereocenters. The number of hydrogen-bond donors (Lipinski definition) is 1. The predicted octanol–water partition coefficient (Wildman–Crippen LogP) is 6.35. The largest absolute Gasteiger partial charge is 0.378 e. The first kappa shape index (κ1) is 19.7. The second kappa shape index (κ2) is 7.16. The molecule has 0 bridgehead atoms. The molecular weight excluding hydrogens is 408 g/mol. The number of rotatable bonds is 2. The Hall–Kier alpha value is -0.260. The predicted molar refractivity (Wildman–Crippen MR) is 119 cm³/mol. The molecule has 0 spiro atoms. The summed E-state index contributed by atoms with van der Waals surface area (Å²) >= 11 is 3.68. The molecule has 5 aliphatic rings. The van der Waals surface area contributed by atoms with Gasteiger partial charge in [0.1, 0.15) is 5.60 Å². The molecule has 0 aromatic carbocycles. The van der Waals surface area contributed by atoms with E-state index in [0.29, 0.717) is 17.3 Å². The monoisotopic (exact) mass is 444 g/mol. The minimum atomic E-state index is -0.675. The van der Waals surface area contributed by atoms with Crippen LogP contribution in [0, 0.1) is 58.7 Å². The van der Waals surface area contributed by atoms with Gasteiger partial charge in [0.25, 0.3) is 0 Å². The molecule has 0 heterocycles. The number of alkyl halides is 1. The third-order valence-corrected chi connectivity index (χ3v) is 10.5. The van der Waals surface area contributed by atoms with Gasteiger partial charge in [-0.3, -0.25) is 0 Å². The van der Waals surface area contributed by atoms with E-state index in [2.05, 4.69) is 41.3 Å². The molecule has 28 heavy (non-hydrogen) atoms. The zero-order valence-electron chi connectivity index (χ0n) is 17.6. The fourth-order valence-corrected chi connectivity index (χ4v) is 8.61. The lowest BCUT2D eigenvalue weighted by molar-refractivity contribution is -0.0872. The lowest BCUT2D eigenvalue weighted by Gasteiger charge is -2.57. The molecule has 154 valence electrons. The van der Waals surface area contributed by atoms with Crippen molar-refractivity contribution < 1.29 is 5.11 Å². The SMILES string of the molecule is C=C(CBr)[C@H]1CC[C@H]2[C@@H]3CC[C@H]4C[C@@](O)(C#CC5CC5)CC[C@@H]4[C@H]3CC[C@]12C. The summed E-state index contributed by atoms with van der Waals surface area (Å²) in [5, 5.41) is 12.1. The van der Waals surface area contributed by atoms with Crippen LogP contribution in [0.3, 0.4) is 0 Å². The van der Waals surface area contributed by atoms with Crippen molar-refractivity contribution in [2.75, 3.05) is 5.33 Å². The molecule has 0 saturated heterocycles. The van der Waals surface area contributed by atoms with E-state index in [1.807, 2.05) is 0 Å². The van der Waals surface area contributed by atoms with Crippen molar-refractivity contribution in [3.8, 4) is 11.8 Å². The van der Waals surface area contributed by atoms with Crippen molar-refractivity contribution >= 4 is 15.9 Å². The normalized spacial score (nSPS) is 50.0. The van der Waals surface area contributed by atoms with E-state index in [-0.39, 0.29) is 0 Å². The number of halogens is 1. The number of hydrogen-bond acceptors (Lipinski definition) is 1. The Balaban J connectivity index is 1.31. The maximum absolute atomic E-state index is 11.1. The van der Waals surface area contributed by atoms with Crippen molar-refractivity contribution in [1.29, 1.82) is 0 Å². The summed E-state index contributed by atoms with van der Waals surface area (Å²) in [4.78, 5) is 0. The Morgan fingerprint density at radius 3 is 2.54 bits per heavy atom. The fraction of sp³-hybridized carbons (Fsp3) is 0.846. The zero-order chi connectivity index (χ0) is 19.5. The van der Waals surface area contributed by atoms with Crippen LogP contribution in [0.1, 0.15) is 77.6 Å². The lowest BCUT2D eigenvalue weighted by Crippen LogP contribution is -2.50. The molecule has 5 aliphatic carbocycles. The highest BCUT2D eigenvalue weighted by Crippen LogP contribution is 2.65. The summed E-state index contributed by atoms with van der Waals surface area (Å²) in [5.41, 5.74) is 1.25. The van der Waals surface area contributed by atoms with Crippen LogP contribution in [0.2, 0.25) is 0 Å². The molecule has 5 saturated carbocycles. The summed E-state index contributed by atoms with van der Waals surface area (Å²) in [6, 6.07) is 0. The molecule has 5 rings (SSSR count). The van der Waals surface area contributed by atoms with E-state index in [0.717, 1.165) is 47.8 Å². The van der Waals surface area contributed by atoms with Gasteiger partial charge in [0.2, 0.25) is 0 Å². The standard InChI is InChI=1S/C26H37BrO/c1-17(16-27)23-7-8-24-22-6-5-19-15-26(28,13-9-18-3-4-18)14-11-20(19)21(22)10-12-25(23,24)2/h18-24,28H,1,3-8,10-12,14-16H2,2H3/t19-,20-,21+,22+,23+,24-,25+,26+/m0/s1. The average Bonchev–Trinajstić information content (AvgIpc) is 3.45. The molecule has 0 unspecified atom stereocenters. The van der Waals surface area contributed by atoms with Crippen molar-refractivity contribution in [3.05, 3.63) is 12.2 Å². The van der Waals surface area contributed by atoms with Crippen molar-refractivity contribution in [2.45, 2.75) is 83.2 Å². The highest BCUT2D eigenvalue weighted by atomic mass is 79.9. The van der Waals surface area contributed by atoms with Crippen LogP contribution in [0.25, 0.3) is 0 Å². The lowest BCUT2D eigenvalue weighted by atomic mass is 9.49. The number of fused-ring (bicyclic) bond motifs is 5. The van der Waals surface area contributed by atoms with Crippen LogP contribution in [0.15, 0.2) is 12.2 Å². The Kier molecular flexibility index (Phi) is 5.04. The van der Waals surface area contributed by atoms with E-state index in [9.17, 15) is 5.11 Å². The zero-order valence-corrected chi connectivity index (χ0v) is 19.1. The van der Waals surface area contributed by atoms with Crippen molar-refractivity contribution in [3.63, 3.8) is 0 Å². The van der Waals surface area contributed by atoms with Gasteiger partial charge in [-0.25, -0.2) is 0 Å². The summed E-state index contributed by atoms with van der Waals surface area (Å²) < 4.78 is 0. The molecule has 0 amide bonds. The van der Waals surface area contributed by atoms with Gasteiger partial charge in [0, 0.05) is 11.2 Å². The van der Waals surface area contributed by atoms with Crippen molar-refractivity contribution in [2.24, 2.45) is 46.8 Å². The minimum absolute atomic E-state index is 0.490. The third kappa shape index (κ3) is 3.24. The summed E-state index contributed by atoms with van der Waals surface area (Å²) in [6.07, 6.45) is 13.9. The topological polar surface area (TPSA) is 20.2 Å². The van der Waals surface area contributed by atoms with E-state index in [1.165, 1.54) is 63.4 Å². The summed E-state index contributed by atoms with van der Waals surface area (Å²) in [5.74, 6) is 12.3. The first-order valence-electron chi connectivity index (χ1n) is 11.9. The number of aliphatic hydroxyl groups is 1. The maximum Gasteiger partial charge on any atom is 0.125 e.